The topological polar surface area (TPSA) is 114 Å². The van der Waals surface area contributed by atoms with Gasteiger partial charge in [-0.2, -0.15) is 0 Å². The van der Waals surface area contributed by atoms with Crippen molar-refractivity contribution in [2.45, 2.75) is 51.6 Å². The van der Waals surface area contributed by atoms with E-state index in [2.05, 4.69) is 5.32 Å². The highest BCUT2D eigenvalue weighted by Gasteiger charge is 2.34. The van der Waals surface area contributed by atoms with Crippen LogP contribution in [0.4, 0.5) is 5.69 Å². The van der Waals surface area contributed by atoms with E-state index in [0.717, 1.165) is 15.4 Å². The molecule has 3 aromatic rings. The average Bonchev–Trinajstić information content (AvgIpc) is 3.01. The summed E-state index contributed by atoms with van der Waals surface area (Å²) in [7, 11) is -1.43. The molecule has 3 rings (SSSR count). The summed E-state index contributed by atoms with van der Waals surface area (Å²) in [5.74, 6) is 0.314. The molecule has 1 atom stereocenters. The van der Waals surface area contributed by atoms with Crippen LogP contribution in [0.5, 0.6) is 17.2 Å². The molecular formula is C32H41N3O7S. The fourth-order valence-corrected chi connectivity index (χ4v) is 6.04. The lowest BCUT2D eigenvalue weighted by Gasteiger charge is -2.33. The van der Waals surface area contributed by atoms with Gasteiger partial charge in [-0.1, -0.05) is 36.8 Å². The standard InChI is InChI=1S/C32H41N3O7S/c1-7-28(32(37)33-8-2)34(21-24-12-10-23(4)11-13-24)31(36)22-35(25-14-16-26(17-15-25)42-9-3)43(38,39)27-18-19-29(40-5)30(20-27)41-6/h10-20,28H,7-9,21-22H2,1-6H3,(H,33,37)/t28-/m1/s1. The number of methoxy groups -OCH3 is 2. The second kappa shape index (κ2) is 15.3. The maximum atomic E-state index is 14.2. The minimum absolute atomic E-state index is 0.0901. The Morgan fingerprint density at radius 1 is 0.884 bits per heavy atom. The number of benzene rings is 3. The number of carbonyl (C=O) groups excluding carboxylic acids is 2. The number of hydrogen-bond donors (Lipinski definition) is 1. The molecule has 0 radical (unpaired) electrons. The minimum atomic E-state index is -4.30. The predicted octanol–water partition coefficient (Wildman–Crippen LogP) is 4.55. The Kier molecular flexibility index (Phi) is 11.8. The molecule has 0 heterocycles. The van der Waals surface area contributed by atoms with Crippen molar-refractivity contribution in [3.63, 3.8) is 0 Å². The molecule has 11 heteroatoms. The van der Waals surface area contributed by atoms with E-state index in [1.165, 1.54) is 37.3 Å². The van der Waals surface area contributed by atoms with Gasteiger partial charge in [0.15, 0.2) is 11.5 Å². The molecule has 10 nitrogen and oxygen atoms in total. The van der Waals surface area contributed by atoms with Gasteiger partial charge in [-0.3, -0.25) is 13.9 Å². The lowest BCUT2D eigenvalue weighted by Crippen LogP contribution is -2.52. The van der Waals surface area contributed by atoms with E-state index in [1.807, 2.05) is 45.0 Å². The Hall–Kier alpha value is -4.25. The molecule has 0 saturated carbocycles. The summed E-state index contributed by atoms with van der Waals surface area (Å²) in [6, 6.07) is 17.6. The maximum absolute atomic E-state index is 14.2. The number of sulfonamides is 1. The van der Waals surface area contributed by atoms with Crippen LogP contribution in [0.3, 0.4) is 0 Å². The highest BCUT2D eigenvalue weighted by atomic mass is 32.2. The Labute approximate surface area is 254 Å². The van der Waals surface area contributed by atoms with Crippen molar-refractivity contribution in [2.75, 3.05) is 38.2 Å². The second-order valence-electron chi connectivity index (χ2n) is 9.78. The Balaban J connectivity index is 2.10. The molecule has 0 unspecified atom stereocenters. The van der Waals surface area contributed by atoms with Gasteiger partial charge in [-0.25, -0.2) is 8.42 Å². The second-order valence-corrected chi connectivity index (χ2v) is 11.6. The zero-order valence-corrected chi connectivity index (χ0v) is 26.4. The van der Waals surface area contributed by atoms with Crippen molar-refractivity contribution in [1.29, 1.82) is 0 Å². The van der Waals surface area contributed by atoms with Gasteiger partial charge in [0.1, 0.15) is 18.3 Å². The summed E-state index contributed by atoms with van der Waals surface area (Å²) < 4.78 is 45.6. The number of rotatable bonds is 15. The van der Waals surface area contributed by atoms with Crippen LogP contribution < -0.4 is 23.8 Å². The lowest BCUT2D eigenvalue weighted by molar-refractivity contribution is -0.140. The number of carbonyl (C=O) groups is 2. The Morgan fingerprint density at radius 2 is 1.53 bits per heavy atom. The van der Waals surface area contributed by atoms with Crippen LogP contribution in [-0.4, -0.2) is 65.1 Å². The lowest BCUT2D eigenvalue weighted by atomic mass is 10.1. The average molecular weight is 612 g/mol. The van der Waals surface area contributed by atoms with Gasteiger partial charge in [0.25, 0.3) is 10.0 Å². The van der Waals surface area contributed by atoms with Gasteiger partial charge in [0, 0.05) is 19.2 Å². The summed E-state index contributed by atoms with van der Waals surface area (Å²) in [5.41, 5.74) is 2.13. The molecule has 0 saturated heterocycles. The first-order valence-corrected chi connectivity index (χ1v) is 15.6. The molecule has 3 aromatic carbocycles. The molecule has 2 amide bonds. The zero-order chi connectivity index (χ0) is 31.6. The van der Waals surface area contributed by atoms with Crippen LogP contribution in [0.25, 0.3) is 0 Å². The molecule has 0 aliphatic heterocycles. The van der Waals surface area contributed by atoms with E-state index in [0.29, 0.717) is 31.1 Å². The number of hydrogen-bond acceptors (Lipinski definition) is 7. The molecule has 0 spiro atoms. The van der Waals surface area contributed by atoms with Crippen molar-refractivity contribution in [1.82, 2.24) is 10.2 Å². The van der Waals surface area contributed by atoms with Crippen LogP contribution in [0.2, 0.25) is 0 Å². The molecule has 0 aliphatic rings. The highest BCUT2D eigenvalue weighted by Crippen LogP contribution is 2.33. The van der Waals surface area contributed by atoms with E-state index in [4.69, 9.17) is 14.2 Å². The molecule has 0 bridgehead atoms. The van der Waals surface area contributed by atoms with Crippen molar-refractivity contribution in [3.8, 4) is 17.2 Å². The molecular weight excluding hydrogens is 570 g/mol. The van der Waals surface area contributed by atoms with Crippen LogP contribution in [0.15, 0.2) is 71.6 Å². The molecule has 1 N–H and O–H groups in total. The first kappa shape index (κ1) is 33.3. The first-order chi connectivity index (χ1) is 20.6. The van der Waals surface area contributed by atoms with Gasteiger partial charge >= 0.3 is 0 Å². The van der Waals surface area contributed by atoms with Crippen molar-refractivity contribution in [3.05, 3.63) is 77.9 Å². The minimum Gasteiger partial charge on any atom is -0.494 e. The van der Waals surface area contributed by atoms with Gasteiger partial charge in [0.2, 0.25) is 11.8 Å². The van der Waals surface area contributed by atoms with Gasteiger partial charge in [-0.15, -0.1) is 0 Å². The molecule has 232 valence electrons. The first-order valence-electron chi connectivity index (χ1n) is 14.2. The SMILES string of the molecule is CCNC(=O)[C@@H](CC)N(Cc1ccc(C)cc1)C(=O)CN(c1ccc(OCC)cc1)S(=O)(=O)c1ccc(OC)c(OC)c1. The normalized spacial score (nSPS) is 11.8. The van der Waals surface area contributed by atoms with Gasteiger partial charge in [0.05, 0.1) is 31.4 Å². The quantitative estimate of drug-likeness (QED) is 0.268. The zero-order valence-electron chi connectivity index (χ0n) is 25.6. The van der Waals surface area contributed by atoms with E-state index in [9.17, 15) is 18.0 Å². The summed E-state index contributed by atoms with van der Waals surface area (Å²) in [6.45, 7) is 7.85. The van der Waals surface area contributed by atoms with E-state index >= 15 is 0 Å². The molecule has 0 fully saturated rings. The Bertz CT molecular complexity index is 1480. The fraction of sp³-hybridized carbons (Fsp3) is 0.375. The summed E-state index contributed by atoms with van der Waals surface area (Å²) in [6.07, 6.45) is 0.342. The number of aryl methyl sites for hydroxylation is 1. The fourth-order valence-electron chi connectivity index (χ4n) is 4.61. The third kappa shape index (κ3) is 8.19. The maximum Gasteiger partial charge on any atom is 0.264 e. The summed E-state index contributed by atoms with van der Waals surface area (Å²) in [5, 5.41) is 2.81. The number of ether oxygens (including phenoxy) is 3. The molecule has 43 heavy (non-hydrogen) atoms. The van der Waals surface area contributed by atoms with Crippen molar-refractivity contribution >= 4 is 27.5 Å². The van der Waals surface area contributed by atoms with Gasteiger partial charge < -0.3 is 24.4 Å². The summed E-state index contributed by atoms with van der Waals surface area (Å²) in [4.78, 5) is 28.6. The van der Waals surface area contributed by atoms with E-state index < -0.39 is 28.5 Å². The molecule has 0 aromatic heterocycles. The number of nitrogens with one attached hydrogen (secondary N) is 1. The van der Waals surface area contributed by atoms with Crippen molar-refractivity contribution < 1.29 is 32.2 Å². The van der Waals surface area contributed by atoms with Crippen LogP contribution in [0.1, 0.15) is 38.3 Å². The van der Waals surface area contributed by atoms with Gasteiger partial charge in [-0.05, 0) is 69.2 Å². The third-order valence-corrected chi connectivity index (χ3v) is 8.64. The number of amides is 2. The summed E-state index contributed by atoms with van der Waals surface area (Å²) >= 11 is 0. The van der Waals surface area contributed by atoms with Crippen LogP contribution in [0, 0.1) is 6.92 Å². The number of likely N-dealkylation sites (N-methyl/N-ethyl adjacent to an activating group) is 1. The number of anilines is 1. The van der Waals surface area contributed by atoms with Crippen LogP contribution in [-0.2, 0) is 26.2 Å². The monoisotopic (exact) mass is 611 g/mol. The molecule has 0 aliphatic carbocycles. The third-order valence-electron chi connectivity index (χ3n) is 6.87. The predicted molar refractivity (Wildman–Crippen MR) is 166 cm³/mol. The van der Waals surface area contributed by atoms with Crippen molar-refractivity contribution in [2.24, 2.45) is 0 Å². The largest absolute Gasteiger partial charge is 0.494 e. The number of nitrogens with zero attached hydrogens (tertiary/aromatic N) is 2. The van der Waals surface area contributed by atoms with Crippen LogP contribution >= 0.6 is 0 Å². The Morgan fingerprint density at radius 3 is 2.09 bits per heavy atom. The highest BCUT2D eigenvalue weighted by molar-refractivity contribution is 7.92. The van der Waals surface area contributed by atoms with E-state index in [1.54, 1.807) is 31.2 Å². The van der Waals surface area contributed by atoms with E-state index in [-0.39, 0.29) is 28.8 Å². The smallest absolute Gasteiger partial charge is 0.264 e.